The number of halogens is 2. The van der Waals surface area contributed by atoms with Crippen molar-refractivity contribution in [1.82, 2.24) is 48.8 Å². The van der Waals surface area contributed by atoms with Crippen molar-refractivity contribution in [2.24, 2.45) is 0 Å². The van der Waals surface area contributed by atoms with Gasteiger partial charge in [0.15, 0.2) is 0 Å². The molecule has 0 bridgehead atoms. The Morgan fingerprint density at radius 1 is 0.552 bits per heavy atom. The average Bonchev–Trinajstić information content (AvgIpc) is 4.29. The second kappa shape index (κ2) is 25.3. The second-order valence-corrected chi connectivity index (χ2v) is 21.9. The molecule has 2 saturated heterocycles. The van der Waals surface area contributed by atoms with Crippen LogP contribution in [0.15, 0.2) is 180 Å². The highest BCUT2D eigenvalue weighted by molar-refractivity contribution is 6.04. The molecule has 0 radical (unpaired) electrons. The van der Waals surface area contributed by atoms with Crippen LogP contribution in [0.2, 0.25) is 0 Å². The number of hydrogen-bond acceptors (Lipinski definition) is 15. The Morgan fingerprint density at radius 3 is 1.46 bits per heavy atom. The van der Waals surface area contributed by atoms with E-state index in [4.69, 9.17) is 14.2 Å². The van der Waals surface area contributed by atoms with Crippen LogP contribution in [0.1, 0.15) is 84.0 Å². The molecule has 2 N–H and O–H groups in total. The molecular weight excluding hydrogens is 1110 g/mol. The van der Waals surface area contributed by atoms with Crippen LogP contribution in [0.5, 0.6) is 23.0 Å². The molecule has 2 aromatic carbocycles. The summed E-state index contributed by atoms with van der Waals surface area (Å²) in [5.41, 5.74) is 2.31. The Balaban J connectivity index is 0.000000181. The quantitative estimate of drug-likeness (QED) is 0.116. The molecule has 1 atom stereocenters. The molecule has 2 aliphatic heterocycles. The molecule has 8 aromatic heterocycles. The monoisotopic (exact) mass is 1170 g/mol. The third-order valence-electron chi connectivity index (χ3n) is 14.6. The normalized spacial score (nSPS) is 14.5. The summed E-state index contributed by atoms with van der Waals surface area (Å²) < 4.78 is 47.0. The molecule has 440 valence electrons. The number of anilines is 2. The predicted molar refractivity (Wildman–Crippen MR) is 322 cm³/mol. The minimum absolute atomic E-state index is 0.0407. The van der Waals surface area contributed by atoms with Crippen molar-refractivity contribution in [2.45, 2.75) is 57.5 Å². The maximum atomic E-state index is 13.3. The van der Waals surface area contributed by atoms with E-state index in [0.29, 0.717) is 58.9 Å². The van der Waals surface area contributed by atoms with E-state index in [1.165, 1.54) is 94.6 Å². The summed E-state index contributed by atoms with van der Waals surface area (Å²) in [5.74, 6) is 0.892. The van der Waals surface area contributed by atoms with E-state index < -0.39 is 40.2 Å². The summed E-state index contributed by atoms with van der Waals surface area (Å²) in [4.78, 5) is 95.1. The van der Waals surface area contributed by atoms with Crippen LogP contribution in [0.4, 0.5) is 25.2 Å². The van der Waals surface area contributed by atoms with Gasteiger partial charge in [-0.1, -0.05) is 0 Å². The van der Waals surface area contributed by atoms with Gasteiger partial charge >= 0.3 is 6.09 Å². The van der Waals surface area contributed by atoms with Crippen molar-refractivity contribution in [3.05, 3.63) is 226 Å². The van der Waals surface area contributed by atoms with Crippen LogP contribution in [-0.2, 0) is 4.74 Å². The van der Waals surface area contributed by atoms with E-state index in [0.717, 1.165) is 60.0 Å². The molecule has 3 amide bonds. The number of pyridine rings is 8. The van der Waals surface area contributed by atoms with Crippen LogP contribution in [0, 0.1) is 11.6 Å². The number of fused-ring (bicyclic) bond motifs is 2. The van der Waals surface area contributed by atoms with Crippen LogP contribution >= 0.6 is 0 Å². The Morgan fingerprint density at radius 2 is 1.01 bits per heavy atom. The lowest BCUT2D eigenvalue weighted by Gasteiger charge is -2.28. The fourth-order valence-corrected chi connectivity index (χ4v) is 10.1. The van der Waals surface area contributed by atoms with Crippen molar-refractivity contribution in [1.29, 1.82) is 0 Å². The number of amides is 3. The zero-order valence-electron chi connectivity index (χ0n) is 47.8. The molecule has 22 heteroatoms. The van der Waals surface area contributed by atoms with Gasteiger partial charge in [0, 0.05) is 83.2 Å². The van der Waals surface area contributed by atoms with Gasteiger partial charge in [-0.2, -0.15) is 0 Å². The number of aromatic nitrogens is 8. The highest BCUT2D eigenvalue weighted by Gasteiger charge is 2.32. The van der Waals surface area contributed by atoms with Gasteiger partial charge in [0.05, 0.1) is 35.8 Å². The first-order chi connectivity index (χ1) is 42.0. The van der Waals surface area contributed by atoms with Gasteiger partial charge in [-0.25, -0.2) is 23.5 Å². The highest BCUT2D eigenvalue weighted by Crippen LogP contribution is 2.35. The maximum absolute atomic E-state index is 13.3. The SMILES string of the molecule is CC(C)(C)OC(=O)N1CCC(c2cc3c(Oc4ccc(NC(=O)c5cccn(-c6ccc(F)cc6)c5=O)nc4)ccnc3cn2)C1.CN1CCC(c2cc3c(Oc4ccc(NC(=O)c5cccn(-c6ccc(F)cc6)c5=O)nc4)ccnc3cn2)CC1. The smallest absolute Gasteiger partial charge is 0.410 e. The Kier molecular flexibility index (Phi) is 16.9. The summed E-state index contributed by atoms with van der Waals surface area (Å²) >= 11 is 0. The summed E-state index contributed by atoms with van der Waals surface area (Å²) in [6.07, 6.45) is 15.3. The molecule has 10 heterocycles. The highest BCUT2D eigenvalue weighted by atomic mass is 19.1. The van der Waals surface area contributed by atoms with Gasteiger partial charge in [0.2, 0.25) is 0 Å². The number of carbonyl (C=O) groups is 3. The number of piperidine rings is 1. The molecule has 2 fully saturated rings. The molecule has 0 aliphatic carbocycles. The van der Waals surface area contributed by atoms with Crippen LogP contribution < -0.4 is 31.2 Å². The number of ether oxygens (including phenoxy) is 3. The number of rotatable bonds is 12. The minimum Gasteiger partial charge on any atom is -0.455 e. The van der Waals surface area contributed by atoms with Crippen LogP contribution in [0.3, 0.4) is 0 Å². The summed E-state index contributed by atoms with van der Waals surface area (Å²) in [6, 6.07) is 30.9. The lowest BCUT2D eigenvalue weighted by Crippen LogP contribution is -2.35. The summed E-state index contributed by atoms with van der Waals surface area (Å²) in [7, 11) is 2.14. The second-order valence-electron chi connectivity index (χ2n) is 21.9. The first-order valence-corrected chi connectivity index (χ1v) is 28.0. The van der Waals surface area contributed by atoms with E-state index in [9.17, 15) is 32.8 Å². The van der Waals surface area contributed by atoms with Gasteiger partial charge in [-0.15, -0.1) is 0 Å². The van der Waals surface area contributed by atoms with Gasteiger partial charge in [-0.05, 0) is 181 Å². The van der Waals surface area contributed by atoms with Crippen LogP contribution in [-0.4, -0.2) is 106 Å². The number of carbonyl (C=O) groups excluding carboxylic acids is 3. The van der Waals surface area contributed by atoms with Gasteiger partial charge in [0.1, 0.15) is 63.0 Å². The Labute approximate surface area is 497 Å². The summed E-state index contributed by atoms with van der Waals surface area (Å²) in [6.45, 7) is 8.71. The van der Waals surface area contributed by atoms with Crippen molar-refractivity contribution in [3.63, 3.8) is 0 Å². The van der Waals surface area contributed by atoms with Crippen molar-refractivity contribution in [2.75, 3.05) is 43.9 Å². The minimum atomic E-state index is -0.639. The number of nitrogens with one attached hydrogen (secondary N) is 2. The van der Waals surface area contributed by atoms with Crippen molar-refractivity contribution >= 4 is 51.3 Å². The average molecular weight is 1170 g/mol. The molecule has 2 aliphatic rings. The lowest BCUT2D eigenvalue weighted by molar-refractivity contribution is 0.0292. The molecule has 87 heavy (non-hydrogen) atoms. The van der Waals surface area contributed by atoms with Gasteiger partial charge in [-0.3, -0.25) is 48.2 Å². The van der Waals surface area contributed by atoms with E-state index in [1.807, 2.05) is 26.8 Å². The topological polar surface area (TPSA) is 231 Å². The van der Waals surface area contributed by atoms with Gasteiger partial charge < -0.3 is 34.6 Å². The third kappa shape index (κ3) is 13.8. The standard InChI is InChI=1S/C34H31FN6O5.C31H27FN6O3/c1-34(2,3)46-33(44)40-16-13-21(20-40)27-17-26-28(19-37-27)36-14-12-29(26)45-24-10-11-30(38-18-24)39-31(42)25-5-4-15-41(32(25)43)23-8-6-22(35)7-9-23;1-37-15-11-20(12-16-37)26-17-25-27(19-34-26)33-13-10-28(25)41-23-8-9-29(35-18-23)36-30(39)24-3-2-14-38(31(24)40)22-6-4-21(32)5-7-22/h4-12,14-15,17-19,21H,13,16,20H2,1-3H3,(H,38,39,42);2-10,13-14,17-20H,11-12,15-16H2,1H3,(H,35,36,39). The number of likely N-dealkylation sites (tertiary alicyclic amines) is 2. The molecule has 1 unspecified atom stereocenters. The number of nitrogens with zero attached hydrogens (tertiary/aromatic N) is 10. The molecule has 10 aromatic rings. The van der Waals surface area contributed by atoms with Crippen molar-refractivity contribution in [3.8, 4) is 34.4 Å². The van der Waals surface area contributed by atoms with Gasteiger partial charge in [0.25, 0.3) is 22.9 Å². The van der Waals surface area contributed by atoms with Crippen molar-refractivity contribution < 1.29 is 37.4 Å². The van der Waals surface area contributed by atoms with E-state index in [1.54, 1.807) is 78.2 Å². The van der Waals surface area contributed by atoms with Crippen LogP contribution in [0.25, 0.3) is 33.2 Å². The fraction of sp³-hybridized carbons (Fsp3) is 0.215. The number of benzene rings is 2. The Hall–Kier alpha value is -10.6. The van der Waals surface area contributed by atoms with E-state index in [-0.39, 0.29) is 34.8 Å². The molecule has 0 spiro atoms. The Bertz CT molecular complexity index is 4290. The zero-order chi connectivity index (χ0) is 60.8. The first-order valence-electron chi connectivity index (χ1n) is 28.0. The third-order valence-corrected chi connectivity index (χ3v) is 14.6. The molecular formula is C65H58F2N12O8. The molecule has 20 nitrogen and oxygen atoms in total. The molecule has 12 rings (SSSR count). The summed E-state index contributed by atoms with van der Waals surface area (Å²) in [5, 5.41) is 6.91. The predicted octanol–water partition coefficient (Wildman–Crippen LogP) is 11.3. The van der Waals surface area contributed by atoms with E-state index >= 15 is 0 Å². The zero-order valence-corrected chi connectivity index (χ0v) is 47.8. The largest absolute Gasteiger partial charge is 0.455 e. The first kappa shape index (κ1) is 58.2. The fourth-order valence-electron chi connectivity index (χ4n) is 10.1. The lowest BCUT2D eigenvalue weighted by atomic mass is 9.93. The maximum Gasteiger partial charge on any atom is 0.410 e. The molecule has 0 saturated carbocycles. The van der Waals surface area contributed by atoms with E-state index in [2.05, 4.69) is 58.6 Å². The number of hydrogen-bond donors (Lipinski definition) is 2.